The van der Waals surface area contributed by atoms with Crippen LogP contribution in [0, 0.1) is 11.3 Å². The molecule has 1 N–H and O–H groups in total. The summed E-state index contributed by atoms with van der Waals surface area (Å²) in [6, 6.07) is 17.2. The Balaban J connectivity index is 1.55. The average molecular weight is 309 g/mol. The molecule has 3 heteroatoms. The Kier molecular flexibility index (Phi) is 3.53. The Bertz CT molecular complexity index is 680. The normalized spacial score (nSPS) is 28.3. The molecule has 1 saturated carbocycles. The highest BCUT2D eigenvalue weighted by molar-refractivity contribution is 5.41. The number of hydrogen-bond donors (Lipinski definition) is 1. The summed E-state index contributed by atoms with van der Waals surface area (Å²) in [5, 5.41) is 3.58. The lowest BCUT2D eigenvalue weighted by Gasteiger charge is -2.16. The topological polar surface area (TPSA) is 30.5 Å². The van der Waals surface area contributed by atoms with Crippen LogP contribution in [0.15, 0.2) is 48.5 Å². The number of rotatable bonds is 5. The first kappa shape index (κ1) is 14.6. The average Bonchev–Trinajstić information content (AvgIpc) is 3.01. The van der Waals surface area contributed by atoms with Crippen molar-refractivity contribution in [1.82, 2.24) is 5.32 Å². The van der Waals surface area contributed by atoms with Crippen LogP contribution in [0.5, 0.6) is 11.5 Å². The van der Waals surface area contributed by atoms with Crippen LogP contribution in [0.3, 0.4) is 0 Å². The second-order valence-electron chi connectivity index (χ2n) is 6.75. The summed E-state index contributed by atoms with van der Waals surface area (Å²) >= 11 is 0. The monoisotopic (exact) mass is 309 g/mol. The molecule has 3 unspecified atom stereocenters. The summed E-state index contributed by atoms with van der Waals surface area (Å²) in [4.78, 5) is 0. The van der Waals surface area contributed by atoms with Crippen molar-refractivity contribution in [2.75, 3.05) is 27.3 Å². The van der Waals surface area contributed by atoms with Crippen LogP contribution >= 0.6 is 0 Å². The fraction of sp³-hybridized carbons (Fsp3) is 0.400. The van der Waals surface area contributed by atoms with Gasteiger partial charge in [-0.3, -0.25) is 0 Å². The van der Waals surface area contributed by atoms with E-state index in [4.69, 9.17) is 9.47 Å². The van der Waals surface area contributed by atoms with Crippen LogP contribution in [-0.2, 0) is 6.42 Å². The first-order valence-corrected chi connectivity index (χ1v) is 8.24. The van der Waals surface area contributed by atoms with Gasteiger partial charge in [-0.25, -0.2) is 0 Å². The van der Waals surface area contributed by atoms with Gasteiger partial charge in [0.25, 0.3) is 0 Å². The Morgan fingerprint density at radius 3 is 2.17 bits per heavy atom. The summed E-state index contributed by atoms with van der Waals surface area (Å²) in [6.45, 7) is 2.24. The highest BCUT2D eigenvalue weighted by Gasteiger charge is 2.66. The van der Waals surface area contributed by atoms with Crippen LogP contribution in [0.1, 0.15) is 17.0 Å². The lowest BCUT2D eigenvalue weighted by Crippen LogP contribution is -2.21. The standard InChI is InChI=1S/C20H23NO2/c1-22-16-7-3-14(4-8-16)11-20-13-21-12-18(20)19(20)15-5-9-17(23-2)10-6-15/h3-10,18-19,21H,11-13H2,1-2H3. The predicted molar refractivity (Wildman–Crippen MR) is 91.2 cm³/mol. The summed E-state index contributed by atoms with van der Waals surface area (Å²) in [6.07, 6.45) is 1.13. The van der Waals surface area contributed by atoms with Gasteiger partial charge in [-0.05, 0) is 65.6 Å². The van der Waals surface area contributed by atoms with E-state index in [-0.39, 0.29) is 0 Å². The molecule has 0 radical (unpaired) electrons. The minimum atomic E-state index is 0.378. The van der Waals surface area contributed by atoms with E-state index < -0.39 is 0 Å². The Morgan fingerprint density at radius 1 is 0.957 bits per heavy atom. The molecule has 0 aromatic heterocycles. The zero-order valence-electron chi connectivity index (χ0n) is 13.7. The van der Waals surface area contributed by atoms with E-state index >= 15 is 0 Å². The Morgan fingerprint density at radius 2 is 1.57 bits per heavy atom. The number of hydrogen-bond acceptors (Lipinski definition) is 3. The van der Waals surface area contributed by atoms with E-state index in [9.17, 15) is 0 Å². The fourth-order valence-electron chi connectivity index (χ4n) is 4.40. The predicted octanol–water partition coefficient (Wildman–Crippen LogP) is 3.25. The molecule has 2 aliphatic rings. The van der Waals surface area contributed by atoms with Crippen LogP contribution in [-0.4, -0.2) is 27.3 Å². The molecule has 23 heavy (non-hydrogen) atoms. The number of ether oxygens (including phenoxy) is 2. The minimum absolute atomic E-state index is 0.378. The fourth-order valence-corrected chi connectivity index (χ4v) is 4.40. The van der Waals surface area contributed by atoms with Crippen molar-refractivity contribution in [3.63, 3.8) is 0 Å². The van der Waals surface area contributed by atoms with Gasteiger partial charge in [0.15, 0.2) is 0 Å². The van der Waals surface area contributed by atoms with Gasteiger partial charge in [0.1, 0.15) is 11.5 Å². The van der Waals surface area contributed by atoms with Gasteiger partial charge in [0, 0.05) is 6.54 Å². The number of piperidine rings is 1. The van der Waals surface area contributed by atoms with Crippen molar-refractivity contribution in [3.8, 4) is 11.5 Å². The number of benzene rings is 2. The summed E-state index contributed by atoms with van der Waals surface area (Å²) in [7, 11) is 3.43. The molecule has 1 heterocycles. The van der Waals surface area contributed by atoms with E-state index in [0.29, 0.717) is 11.3 Å². The van der Waals surface area contributed by atoms with Crippen molar-refractivity contribution < 1.29 is 9.47 Å². The van der Waals surface area contributed by atoms with Gasteiger partial charge in [0.05, 0.1) is 14.2 Å². The highest BCUT2D eigenvalue weighted by Crippen LogP contribution is 2.68. The highest BCUT2D eigenvalue weighted by atomic mass is 16.5. The van der Waals surface area contributed by atoms with Crippen molar-refractivity contribution in [2.45, 2.75) is 12.3 Å². The maximum absolute atomic E-state index is 5.28. The van der Waals surface area contributed by atoms with Gasteiger partial charge < -0.3 is 14.8 Å². The van der Waals surface area contributed by atoms with Crippen LogP contribution < -0.4 is 14.8 Å². The van der Waals surface area contributed by atoms with Crippen molar-refractivity contribution in [2.24, 2.45) is 11.3 Å². The third kappa shape index (κ3) is 2.40. The molecule has 1 saturated heterocycles. The molecular weight excluding hydrogens is 286 g/mol. The minimum Gasteiger partial charge on any atom is -0.497 e. The van der Waals surface area contributed by atoms with Gasteiger partial charge in [0.2, 0.25) is 0 Å². The van der Waals surface area contributed by atoms with Crippen LogP contribution in [0.4, 0.5) is 0 Å². The molecule has 0 bridgehead atoms. The third-order valence-electron chi connectivity index (χ3n) is 5.64. The molecule has 0 spiro atoms. The number of fused-ring (bicyclic) bond motifs is 1. The van der Waals surface area contributed by atoms with Gasteiger partial charge in [-0.15, -0.1) is 0 Å². The van der Waals surface area contributed by atoms with Gasteiger partial charge in [-0.2, -0.15) is 0 Å². The Labute approximate surface area is 137 Å². The smallest absolute Gasteiger partial charge is 0.118 e. The van der Waals surface area contributed by atoms with E-state index in [1.165, 1.54) is 11.1 Å². The maximum Gasteiger partial charge on any atom is 0.118 e. The summed E-state index contributed by atoms with van der Waals surface area (Å²) in [5.74, 6) is 3.27. The van der Waals surface area contributed by atoms with Crippen molar-refractivity contribution >= 4 is 0 Å². The number of nitrogens with one attached hydrogen (secondary N) is 1. The summed E-state index contributed by atoms with van der Waals surface area (Å²) < 4.78 is 10.5. The van der Waals surface area contributed by atoms with Crippen molar-refractivity contribution in [3.05, 3.63) is 59.7 Å². The second-order valence-corrected chi connectivity index (χ2v) is 6.75. The molecule has 120 valence electrons. The van der Waals surface area contributed by atoms with Gasteiger partial charge in [-0.1, -0.05) is 24.3 Å². The zero-order chi connectivity index (χ0) is 15.9. The molecule has 2 aromatic carbocycles. The maximum atomic E-state index is 5.28. The molecule has 3 nitrogen and oxygen atoms in total. The molecule has 2 fully saturated rings. The largest absolute Gasteiger partial charge is 0.497 e. The quantitative estimate of drug-likeness (QED) is 0.919. The molecule has 1 aliphatic heterocycles. The molecule has 3 atom stereocenters. The van der Waals surface area contributed by atoms with Crippen molar-refractivity contribution in [1.29, 1.82) is 0 Å². The molecule has 4 rings (SSSR count). The van der Waals surface area contributed by atoms with Crippen LogP contribution in [0.25, 0.3) is 0 Å². The first-order chi connectivity index (χ1) is 11.3. The van der Waals surface area contributed by atoms with Gasteiger partial charge >= 0.3 is 0 Å². The third-order valence-corrected chi connectivity index (χ3v) is 5.64. The molecule has 1 aliphatic carbocycles. The van der Waals surface area contributed by atoms with E-state index in [1.807, 2.05) is 0 Å². The molecular formula is C20H23NO2. The molecule has 0 amide bonds. The number of methoxy groups -OCH3 is 2. The van der Waals surface area contributed by atoms with E-state index in [0.717, 1.165) is 36.9 Å². The Hall–Kier alpha value is -2.00. The van der Waals surface area contributed by atoms with Crippen LogP contribution in [0.2, 0.25) is 0 Å². The van der Waals surface area contributed by atoms with E-state index in [2.05, 4.69) is 53.8 Å². The molecule has 2 aromatic rings. The lowest BCUT2D eigenvalue weighted by atomic mass is 9.91. The first-order valence-electron chi connectivity index (χ1n) is 8.24. The zero-order valence-corrected chi connectivity index (χ0v) is 13.7. The lowest BCUT2D eigenvalue weighted by molar-refractivity contribution is 0.414. The second kappa shape index (κ2) is 5.57. The summed E-state index contributed by atoms with van der Waals surface area (Å²) in [5.41, 5.74) is 3.23. The SMILES string of the molecule is COc1ccc(CC23CNCC2C3c2ccc(OC)cc2)cc1. The van der Waals surface area contributed by atoms with E-state index in [1.54, 1.807) is 14.2 Å².